The molecule has 2 aromatic carbocycles. The van der Waals surface area contributed by atoms with Gasteiger partial charge in [0.25, 0.3) is 0 Å². The van der Waals surface area contributed by atoms with Crippen LogP contribution < -0.4 is 5.32 Å². The van der Waals surface area contributed by atoms with E-state index in [1.807, 2.05) is 55.5 Å². The zero-order chi connectivity index (χ0) is 23.4. The Bertz CT molecular complexity index is 1070. The van der Waals surface area contributed by atoms with Crippen LogP contribution in [0.15, 0.2) is 52.9 Å². The SMILES string of the molecule is CC(=O)Nc1ccc([C@@H]2O[C@H](CSc3nnc(C)s3)[C@H](C)[C@H](c3ccc(CO)cc3)O2)cc1. The van der Waals surface area contributed by atoms with Crippen molar-refractivity contribution in [2.45, 2.75) is 50.2 Å². The summed E-state index contributed by atoms with van der Waals surface area (Å²) in [5, 5.41) is 21.4. The Labute approximate surface area is 201 Å². The lowest BCUT2D eigenvalue weighted by atomic mass is 9.91. The number of nitrogens with zero attached hydrogens (tertiary/aromatic N) is 2. The van der Waals surface area contributed by atoms with E-state index in [0.717, 1.165) is 37.5 Å². The number of aryl methyl sites for hydroxylation is 1. The fourth-order valence-electron chi connectivity index (χ4n) is 3.73. The van der Waals surface area contributed by atoms with E-state index in [1.54, 1.807) is 23.1 Å². The van der Waals surface area contributed by atoms with Gasteiger partial charge in [0.05, 0.1) is 18.8 Å². The van der Waals surface area contributed by atoms with Crippen molar-refractivity contribution < 1.29 is 19.4 Å². The number of benzene rings is 2. The Kier molecular flexibility index (Phi) is 7.77. The van der Waals surface area contributed by atoms with Crippen molar-refractivity contribution in [3.05, 3.63) is 70.2 Å². The lowest BCUT2D eigenvalue weighted by Gasteiger charge is -2.41. The van der Waals surface area contributed by atoms with Crippen molar-refractivity contribution in [2.75, 3.05) is 11.1 Å². The zero-order valence-electron chi connectivity index (χ0n) is 18.7. The standard InChI is InChI=1S/C24H27N3O4S2/c1-14-21(13-32-24-27-26-16(3)33-24)30-23(19-8-10-20(11-9-19)25-15(2)29)31-22(14)18-6-4-17(12-28)5-7-18/h4-11,14,21-23,28H,12-13H2,1-3H3,(H,25,29)/t14-,21+,22+,23+/m0/s1. The molecule has 174 valence electrons. The number of aliphatic hydroxyl groups is 1. The van der Waals surface area contributed by atoms with Gasteiger partial charge in [-0.2, -0.15) is 0 Å². The second-order valence-electron chi connectivity index (χ2n) is 8.02. The lowest BCUT2D eigenvalue weighted by molar-refractivity contribution is -0.268. The lowest BCUT2D eigenvalue weighted by Crippen LogP contribution is -2.38. The quantitative estimate of drug-likeness (QED) is 0.461. The molecule has 7 nitrogen and oxygen atoms in total. The number of aliphatic hydroxyl groups excluding tert-OH is 1. The molecule has 2 N–H and O–H groups in total. The Hall–Kier alpha value is -2.30. The van der Waals surface area contributed by atoms with Gasteiger partial charge in [-0.1, -0.05) is 66.4 Å². The van der Waals surface area contributed by atoms with Gasteiger partial charge in [-0.05, 0) is 30.2 Å². The first-order chi connectivity index (χ1) is 15.9. The molecule has 1 aromatic heterocycles. The Morgan fingerprint density at radius 2 is 1.79 bits per heavy atom. The fraction of sp³-hybridized carbons (Fsp3) is 0.375. The third-order valence-electron chi connectivity index (χ3n) is 5.51. The maximum Gasteiger partial charge on any atom is 0.221 e. The van der Waals surface area contributed by atoms with Crippen LogP contribution in [-0.4, -0.2) is 33.1 Å². The van der Waals surface area contributed by atoms with Gasteiger partial charge in [0.1, 0.15) is 5.01 Å². The van der Waals surface area contributed by atoms with Crippen molar-refractivity contribution in [1.29, 1.82) is 0 Å². The summed E-state index contributed by atoms with van der Waals surface area (Å²) in [6.45, 7) is 5.57. The van der Waals surface area contributed by atoms with E-state index in [9.17, 15) is 9.90 Å². The van der Waals surface area contributed by atoms with Crippen LogP contribution >= 0.6 is 23.1 Å². The molecule has 0 spiro atoms. The van der Waals surface area contributed by atoms with E-state index in [-0.39, 0.29) is 30.6 Å². The largest absolute Gasteiger partial charge is 0.392 e. The summed E-state index contributed by atoms with van der Waals surface area (Å²) in [5.41, 5.74) is 3.52. The molecule has 3 aromatic rings. The predicted molar refractivity (Wildman–Crippen MR) is 129 cm³/mol. The van der Waals surface area contributed by atoms with E-state index < -0.39 is 6.29 Å². The molecule has 2 heterocycles. The molecular weight excluding hydrogens is 458 g/mol. The molecule has 1 aliphatic rings. The van der Waals surface area contributed by atoms with Crippen molar-refractivity contribution in [3.8, 4) is 0 Å². The highest BCUT2D eigenvalue weighted by atomic mass is 32.2. The molecule has 1 fully saturated rings. The van der Waals surface area contributed by atoms with E-state index in [1.165, 1.54) is 6.92 Å². The van der Waals surface area contributed by atoms with Gasteiger partial charge in [-0.3, -0.25) is 4.79 Å². The van der Waals surface area contributed by atoms with E-state index >= 15 is 0 Å². The highest BCUT2D eigenvalue weighted by molar-refractivity contribution is 8.01. The number of aromatic nitrogens is 2. The summed E-state index contributed by atoms with van der Waals surface area (Å²) in [4.78, 5) is 11.3. The molecule has 0 saturated carbocycles. The number of ether oxygens (including phenoxy) is 2. The molecule has 9 heteroatoms. The molecule has 0 bridgehead atoms. The number of carbonyl (C=O) groups excluding carboxylic acids is 1. The molecule has 1 amide bonds. The highest BCUT2D eigenvalue weighted by Crippen LogP contribution is 2.43. The van der Waals surface area contributed by atoms with Crippen LogP contribution in [0.2, 0.25) is 0 Å². The summed E-state index contributed by atoms with van der Waals surface area (Å²) in [6, 6.07) is 15.4. The van der Waals surface area contributed by atoms with Gasteiger partial charge < -0.3 is 19.9 Å². The maximum atomic E-state index is 11.3. The van der Waals surface area contributed by atoms with Gasteiger partial charge in [-0.25, -0.2) is 0 Å². The van der Waals surface area contributed by atoms with Crippen molar-refractivity contribution in [2.24, 2.45) is 5.92 Å². The second-order valence-corrected chi connectivity index (χ2v) is 10.5. The van der Waals surface area contributed by atoms with Crippen LogP contribution in [0.25, 0.3) is 0 Å². The smallest absolute Gasteiger partial charge is 0.221 e. The average molecular weight is 486 g/mol. The predicted octanol–water partition coefficient (Wildman–Crippen LogP) is 4.88. The van der Waals surface area contributed by atoms with Gasteiger partial charge in [-0.15, -0.1) is 10.2 Å². The molecule has 0 radical (unpaired) electrons. The van der Waals surface area contributed by atoms with E-state index in [4.69, 9.17) is 9.47 Å². The Morgan fingerprint density at radius 1 is 1.09 bits per heavy atom. The molecule has 4 atom stereocenters. The number of rotatable bonds is 7. The molecular formula is C24H27N3O4S2. The van der Waals surface area contributed by atoms with E-state index in [2.05, 4.69) is 22.4 Å². The van der Waals surface area contributed by atoms with Crippen LogP contribution in [0, 0.1) is 12.8 Å². The van der Waals surface area contributed by atoms with Crippen molar-refractivity contribution in [1.82, 2.24) is 10.2 Å². The summed E-state index contributed by atoms with van der Waals surface area (Å²) >= 11 is 3.22. The summed E-state index contributed by atoms with van der Waals surface area (Å²) in [7, 11) is 0. The number of carbonyl (C=O) groups is 1. The Balaban J connectivity index is 1.56. The summed E-state index contributed by atoms with van der Waals surface area (Å²) < 4.78 is 13.8. The first-order valence-corrected chi connectivity index (χ1v) is 12.5. The summed E-state index contributed by atoms with van der Waals surface area (Å²) in [5.74, 6) is 0.712. The van der Waals surface area contributed by atoms with Gasteiger partial charge in [0.2, 0.25) is 5.91 Å². The molecule has 33 heavy (non-hydrogen) atoms. The number of thioether (sulfide) groups is 1. The maximum absolute atomic E-state index is 11.3. The minimum absolute atomic E-state index is 0.00821. The van der Waals surface area contributed by atoms with Crippen LogP contribution in [-0.2, 0) is 20.9 Å². The van der Waals surface area contributed by atoms with Crippen molar-refractivity contribution in [3.63, 3.8) is 0 Å². The third kappa shape index (κ3) is 5.99. The summed E-state index contributed by atoms with van der Waals surface area (Å²) in [6.07, 6.45) is -0.791. The van der Waals surface area contributed by atoms with E-state index in [0.29, 0.717) is 0 Å². The fourth-order valence-corrected chi connectivity index (χ4v) is 5.73. The number of hydrogen-bond acceptors (Lipinski definition) is 8. The second kappa shape index (κ2) is 10.8. The molecule has 0 aliphatic carbocycles. The number of hydrogen-bond donors (Lipinski definition) is 2. The topological polar surface area (TPSA) is 93.6 Å². The van der Waals surface area contributed by atoms with Crippen molar-refractivity contribution >= 4 is 34.7 Å². The third-order valence-corrected chi connectivity index (χ3v) is 7.57. The first-order valence-electron chi connectivity index (χ1n) is 10.7. The van der Waals surface area contributed by atoms with Gasteiger partial charge >= 0.3 is 0 Å². The minimum atomic E-state index is -0.545. The number of amides is 1. The minimum Gasteiger partial charge on any atom is -0.392 e. The first kappa shape index (κ1) is 23.8. The van der Waals surface area contributed by atoms with Crippen LogP contribution in [0.1, 0.15) is 47.9 Å². The Morgan fingerprint density at radius 3 is 2.39 bits per heavy atom. The molecule has 1 aliphatic heterocycles. The molecule has 1 saturated heterocycles. The van der Waals surface area contributed by atoms with Crippen LogP contribution in [0.4, 0.5) is 5.69 Å². The van der Waals surface area contributed by atoms with Gasteiger partial charge in [0, 0.05) is 29.8 Å². The molecule has 0 unspecified atom stereocenters. The number of anilines is 1. The average Bonchev–Trinajstić information content (AvgIpc) is 3.24. The van der Waals surface area contributed by atoms with Gasteiger partial charge in [0.15, 0.2) is 10.6 Å². The highest BCUT2D eigenvalue weighted by Gasteiger charge is 2.38. The van der Waals surface area contributed by atoms with Crippen LogP contribution in [0.3, 0.4) is 0 Å². The monoisotopic (exact) mass is 485 g/mol. The normalized spacial score (nSPS) is 22.8. The molecule has 4 rings (SSSR count). The van der Waals surface area contributed by atoms with Crippen LogP contribution in [0.5, 0.6) is 0 Å². The zero-order valence-corrected chi connectivity index (χ0v) is 20.4. The number of nitrogens with one attached hydrogen (secondary N) is 1.